The molecule has 5 heteroatoms. The highest BCUT2D eigenvalue weighted by Crippen LogP contribution is 2.35. The summed E-state index contributed by atoms with van der Waals surface area (Å²) in [6.45, 7) is 0.188. The summed E-state index contributed by atoms with van der Waals surface area (Å²) in [6.07, 6.45) is 5.08. The van der Waals surface area contributed by atoms with Gasteiger partial charge in [-0.2, -0.15) is 0 Å². The van der Waals surface area contributed by atoms with Gasteiger partial charge in [0.1, 0.15) is 4.88 Å². The van der Waals surface area contributed by atoms with E-state index < -0.39 is 0 Å². The number of halogens is 1. The number of carbonyl (C=O) groups is 1. The van der Waals surface area contributed by atoms with Crippen LogP contribution in [-0.2, 0) is 0 Å². The average molecular weight is 265 g/mol. The first-order chi connectivity index (χ1) is 8.13. The molecule has 3 nitrogen and oxygen atoms in total. The molecule has 0 saturated carbocycles. The normalized spacial score (nSPS) is 10.1. The van der Waals surface area contributed by atoms with Gasteiger partial charge in [-0.3, -0.25) is 4.79 Å². The van der Waals surface area contributed by atoms with Gasteiger partial charge in [-0.1, -0.05) is 17.5 Å². The Kier molecular flexibility index (Phi) is 3.23. The minimum atomic E-state index is -0.252. The molecule has 17 heavy (non-hydrogen) atoms. The van der Waals surface area contributed by atoms with Crippen molar-refractivity contribution in [3.05, 3.63) is 28.1 Å². The zero-order valence-corrected chi connectivity index (χ0v) is 10.4. The molecule has 0 fully saturated rings. The number of amides is 1. The van der Waals surface area contributed by atoms with Crippen LogP contribution in [0, 0.1) is 12.3 Å². The fourth-order valence-electron chi connectivity index (χ4n) is 1.47. The summed E-state index contributed by atoms with van der Waals surface area (Å²) in [4.78, 5) is 12.2. The highest BCUT2D eigenvalue weighted by Gasteiger charge is 2.15. The number of benzene rings is 1. The first-order valence-corrected chi connectivity index (χ1v) is 6.02. The van der Waals surface area contributed by atoms with Crippen molar-refractivity contribution in [1.29, 1.82) is 0 Å². The number of hydrogen-bond donors (Lipinski definition) is 2. The number of carbonyl (C=O) groups excluding carboxylic acids is 1. The monoisotopic (exact) mass is 264 g/mol. The summed E-state index contributed by atoms with van der Waals surface area (Å²) in [5.74, 6) is 2.09. The van der Waals surface area contributed by atoms with E-state index in [1.54, 1.807) is 12.1 Å². The van der Waals surface area contributed by atoms with Crippen molar-refractivity contribution in [2.45, 2.75) is 0 Å². The molecule has 0 radical (unpaired) electrons. The highest BCUT2D eigenvalue weighted by atomic mass is 35.5. The van der Waals surface area contributed by atoms with Gasteiger partial charge in [0.15, 0.2) is 0 Å². The van der Waals surface area contributed by atoms with Crippen molar-refractivity contribution >= 4 is 44.6 Å². The molecule has 0 bridgehead atoms. The van der Waals surface area contributed by atoms with E-state index in [0.29, 0.717) is 15.6 Å². The van der Waals surface area contributed by atoms with Crippen LogP contribution < -0.4 is 11.1 Å². The lowest BCUT2D eigenvalue weighted by Gasteiger charge is -1.99. The first-order valence-electron chi connectivity index (χ1n) is 4.82. The largest absolute Gasteiger partial charge is 0.397 e. The third kappa shape index (κ3) is 2.21. The quantitative estimate of drug-likeness (QED) is 0.819. The van der Waals surface area contributed by atoms with Crippen molar-refractivity contribution in [3.63, 3.8) is 0 Å². The molecule has 0 spiro atoms. The molecule has 1 aromatic heterocycles. The lowest BCUT2D eigenvalue weighted by Crippen LogP contribution is -2.23. The molecule has 0 atom stereocenters. The molecule has 2 rings (SSSR count). The van der Waals surface area contributed by atoms with Crippen LogP contribution in [0.25, 0.3) is 10.1 Å². The van der Waals surface area contributed by atoms with Crippen molar-refractivity contribution in [3.8, 4) is 12.3 Å². The minimum absolute atomic E-state index is 0.188. The van der Waals surface area contributed by atoms with Crippen molar-refractivity contribution in [2.24, 2.45) is 0 Å². The number of nitrogens with two attached hydrogens (primary N) is 1. The predicted octanol–water partition coefficient (Wildman–Crippen LogP) is 2.50. The second-order valence-corrected chi connectivity index (χ2v) is 4.86. The molecular formula is C12H9ClN2OS. The summed E-state index contributed by atoms with van der Waals surface area (Å²) in [7, 11) is 0. The molecule has 1 amide bonds. The van der Waals surface area contributed by atoms with E-state index in [9.17, 15) is 4.79 Å². The molecule has 0 unspecified atom stereocenters. The number of nitrogen functional groups attached to an aromatic ring is 1. The van der Waals surface area contributed by atoms with E-state index in [4.69, 9.17) is 23.8 Å². The average Bonchev–Trinajstić information content (AvgIpc) is 2.64. The van der Waals surface area contributed by atoms with Gasteiger partial charge < -0.3 is 11.1 Å². The summed E-state index contributed by atoms with van der Waals surface area (Å²) in [5, 5.41) is 3.98. The molecule has 0 saturated heterocycles. The Hall–Kier alpha value is -1.70. The van der Waals surface area contributed by atoms with E-state index >= 15 is 0 Å². The zero-order chi connectivity index (χ0) is 12.4. The Balaban J connectivity index is 2.46. The van der Waals surface area contributed by atoms with Crippen LogP contribution in [0.4, 0.5) is 5.69 Å². The topological polar surface area (TPSA) is 55.1 Å². The third-order valence-corrected chi connectivity index (χ3v) is 3.67. The molecule has 1 heterocycles. The Morgan fingerprint density at radius 1 is 1.59 bits per heavy atom. The van der Waals surface area contributed by atoms with Crippen LogP contribution in [0.15, 0.2) is 18.2 Å². The van der Waals surface area contributed by atoms with Crippen molar-refractivity contribution in [1.82, 2.24) is 5.32 Å². The number of rotatable bonds is 2. The van der Waals surface area contributed by atoms with Gasteiger partial charge in [-0.25, -0.2) is 0 Å². The summed E-state index contributed by atoms with van der Waals surface area (Å²) in [6, 6.07) is 5.36. The van der Waals surface area contributed by atoms with E-state index in [0.717, 1.165) is 10.1 Å². The van der Waals surface area contributed by atoms with Crippen molar-refractivity contribution < 1.29 is 4.79 Å². The van der Waals surface area contributed by atoms with Crippen LogP contribution in [0.2, 0.25) is 5.02 Å². The second kappa shape index (κ2) is 4.66. The smallest absolute Gasteiger partial charge is 0.264 e. The molecule has 3 N–H and O–H groups in total. The maximum absolute atomic E-state index is 11.8. The van der Waals surface area contributed by atoms with Gasteiger partial charge in [0.05, 0.1) is 12.2 Å². The van der Waals surface area contributed by atoms with Crippen LogP contribution in [0.3, 0.4) is 0 Å². The van der Waals surface area contributed by atoms with Gasteiger partial charge in [0.25, 0.3) is 5.91 Å². The fraction of sp³-hybridized carbons (Fsp3) is 0.0833. The second-order valence-electron chi connectivity index (χ2n) is 3.37. The van der Waals surface area contributed by atoms with Crippen molar-refractivity contribution in [2.75, 3.05) is 12.3 Å². The summed E-state index contributed by atoms with van der Waals surface area (Å²) in [5.41, 5.74) is 6.37. The SMILES string of the molecule is C#CCNC(=O)c1sc2ccc(Cl)cc2c1N. The van der Waals surface area contributed by atoms with Gasteiger partial charge in [-0.15, -0.1) is 17.8 Å². The molecule has 86 valence electrons. The molecule has 0 aliphatic rings. The standard InChI is InChI=1S/C12H9ClN2OS/c1-2-5-15-12(16)11-10(14)8-6-7(13)3-4-9(8)17-11/h1,3-4,6H,5,14H2,(H,15,16). The van der Waals surface area contributed by atoms with E-state index in [1.807, 2.05) is 6.07 Å². The summed E-state index contributed by atoms with van der Waals surface area (Å²) >= 11 is 7.21. The summed E-state index contributed by atoms with van der Waals surface area (Å²) < 4.78 is 0.928. The van der Waals surface area contributed by atoms with Gasteiger partial charge >= 0.3 is 0 Å². The van der Waals surface area contributed by atoms with Crippen LogP contribution >= 0.6 is 22.9 Å². The van der Waals surface area contributed by atoms with E-state index in [-0.39, 0.29) is 12.5 Å². The predicted molar refractivity (Wildman–Crippen MR) is 72.4 cm³/mol. The lowest BCUT2D eigenvalue weighted by atomic mass is 10.2. The Morgan fingerprint density at radius 3 is 3.06 bits per heavy atom. The molecular weight excluding hydrogens is 256 g/mol. The molecule has 2 aromatic rings. The number of terminal acetylenes is 1. The fourth-order valence-corrected chi connectivity index (χ4v) is 2.66. The number of fused-ring (bicyclic) bond motifs is 1. The maximum atomic E-state index is 11.8. The van der Waals surface area contributed by atoms with Crippen LogP contribution in [0.1, 0.15) is 9.67 Å². The third-order valence-electron chi connectivity index (χ3n) is 2.25. The van der Waals surface area contributed by atoms with Gasteiger partial charge in [-0.05, 0) is 18.2 Å². The van der Waals surface area contributed by atoms with Crippen LogP contribution in [0.5, 0.6) is 0 Å². The minimum Gasteiger partial charge on any atom is -0.397 e. The number of hydrogen-bond acceptors (Lipinski definition) is 3. The number of anilines is 1. The Bertz CT molecular complexity index is 627. The Labute approximate surface area is 108 Å². The van der Waals surface area contributed by atoms with Gasteiger partial charge in [0.2, 0.25) is 0 Å². The van der Waals surface area contributed by atoms with E-state index in [1.165, 1.54) is 11.3 Å². The van der Waals surface area contributed by atoms with E-state index in [2.05, 4.69) is 11.2 Å². The molecule has 0 aliphatic carbocycles. The van der Waals surface area contributed by atoms with Crippen LogP contribution in [-0.4, -0.2) is 12.5 Å². The molecule has 0 aliphatic heterocycles. The molecule has 1 aromatic carbocycles. The first kappa shape index (κ1) is 11.8. The number of thiophene rings is 1. The Morgan fingerprint density at radius 2 is 2.35 bits per heavy atom. The maximum Gasteiger partial charge on any atom is 0.264 e. The lowest BCUT2D eigenvalue weighted by molar-refractivity contribution is 0.0963. The van der Waals surface area contributed by atoms with Gasteiger partial charge in [0, 0.05) is 15.1 Å². The highest BCUT2D eigenvalue weighted by molar-refractivity contribution is 7.21. The zero-order valence-electron chi connectivity index (χ0n) is 8.79. The number of nitrogens with one attached hydrogen (secondary N) is 1.